The van der Waals surface area contributed by atoms with Gasteiger partial charge in [0.25, 0.3) is 5.56 Å². The van der Waals surface area contributed by atoms with Crippen LogP contribution in [-0.2, 0) is 0 Å². The normalized spacial score (nSPS) is 11.4. The second-order valence-corrected chi connectivity index (χ2v) is 8.85. The lowest BCUT2D eigenvalue weighted by Gasteiger charge is -2.16. The summed E-state index contributed by atoms with van der Waals surface area (Å²) in [6.07, 6.45) is 0. The highest BCUT2D eigenvalue weighted by molar-refractivity contribution is 6.09. The Morgan fingerprint density at radius 3 is 1.75 bits per heavy atom. The molecule has 0 aliphatic carbocycles. The minimum Gasteiger partial charge on any atom is -0.309 e. The Morgan fingerprint density at radius 1 is 0.500 bits per heavy atom. The molecular weight excluding hydrogens is 442 g/mol. The van der Waals surface area contributed by atoms with Crippen LogP contribution in [0, 0.1) is 0 Å². The van der Waals surface area contributed by atoms with E-state index in [4.69, 9.17) is 4.98 Å². The second-order valence-electron chi connectivity index (χ2n) is 8.85. The van der Waals surface area contributed by atoms with Crippen LogP contribution in [0.5, 0.6) is 0 Å². The lowest BCUT2D eigenvalue weighted by atomic mass is 10.1. The average molecular weight is 464 g/mol. The Bertz CT molecular complexity index is 1910. The molecule has 36 heavy (non-hydrogen) atoms. The fraction of sp³-hybridized carbons (Fsp3) is 0. The quantitative estimate of drug-likeness (QED) is 0.279. The third kappa shape index (κ3) is 3.08. The van der Waals surface area contributed by atoms with E-state index in [2.05, 4.69) is 65.2 Å². The Morgan fingerprint density at radius 2 is 1.06 bits per heavy atom. The van der Waals surface area contributed by atoms with Gasteiger partial charge in [-0.3, -0.25) is 9.36 Å². The van der Waals surface area contributed by atoms with Crippen molar-refractivity contribution in [2.45, 2.75) is 0 Å². The highest BCUT2D eigenvalue weighted by atomic mass is 16.1. The third-order valence-electron chi connectivity index (χ3n) is 6.73. The van der Waals surface area contributed by atoms with Crippen LogP contribution < -0.4 is 5.56 Å². The number of benzene rings is 5. The maximum atomic E-state index is 13.9. The molecule has 7 aromatic rings. The SMILES string of the molecule is O=c1c2ccccc2nc(-c2ccccc2)n1-c1cccc(-n2c3ccccc3c3ccccc32)c1. The predicted molar refractivity (Wildman–Crippen MR) is 147 cm³/mol. The first kappa shape index (κ1) is 20.4. The Balaban J connectivity index is 1.54. The first-order valence-electron chi connectivity index (χ1n) is 12.0. The minimum atomic E-state index is -0.0844. The average Bonchev–Trinajstić information content (AvgIpc) is 3.28. The Kier molecular flexibility index (Phi) is 4.57. The molecule has 0 unspecified atom stereocenters. The molecule has 170 valence electrons. The predicted octanol–water partition coefficient (Wildman–Crippen LogP) is 7.15. The lowest BCUT2D eigenvalue weighted by molar-refractivity contribution is 0.972. The number of aromatic nitrogens is 3. The molecule has 2 aromatic heterocycles. The molecule has 0 spiro atoms. The summed E-state index contributed by atoms with van der Waals surface area (Å²) in [5, 5.41) is 3.00. The van der Waals surface area contributed by atoms with Crippen LogP contribution in [0.4, 0.5) is 0 Å². The van der Waals surface area contributed by atoms with Gasteiger partial charge in [0.2, 0.25) is 0 Å². The van der Waals surface area contributed by atoms with Crippen LogP contribution in [0.25, 0.3) is 55.5 Å². The van der Waals surface area contributed by atoms with Gasteiger partial charge in [0, 0.05) is 22.0 Å². The van der Waals surface area contributed by atoms with Gasteiger partial charge >= 0.3 is 0 Å². The zero-order chi connectivity index (χ0) is 24.1. The molecule has 0 atom stereocenters. The van der Waals surface area contributed by atoms with Crippen molar-refractivity contribution in [1.29, 1.82) is 0 Å². The van der Waals surface area contributed by atoms with E-state index in [1.807, 2.05) is 66.7 Å². The standard InChI is InChI=1S/C32H21N3O/c36-32-27-17-4-7-18-28(27)33-31(22-11-2-1-3-12-22)35(32)24-14-10-13-23(21-24)34-29-19-8-5-15-25(29)26-16-6-9-20-30(26)34/h1-21H. The molecular formula is C32H21N3O. The van der Waals surface area contributed by atoms with Gasteiger partial charge in [0.1, 0.15) is 5.82 Å². The van der Waals surface area contributed by atoms with Crippen LogP contribution in [0.1, 0.15) is 0 Å². The topological polar surface area (TPSA) is 39.8 Å². The van der Waals surface area contributed by atoms with Gasteiger partial charge in [-0.15, -0.1) is 0 Å². The molecule has 7 rings (SSSR count). The van der Waals surface area contributed by atoms with Gasteiger partial charge < -0.3 is 4.57 Å². The molecule has 0 amide bonds. The number of para-hydroxylation sites is 3. The molecule has 0 N–H and O–H groups in total. The summed E-state index contributed by atoms with van der Waals surface area (Å²) in [7, 11) is 0. The van der Waals surface area contributed by atoms with E-state index in [0.717, 1.165) is 28.0 Å². The van der Waals surface area contributed by atoms with Crippen LogP contribution in [0.2, 0.25) is 0 Å². The maximum absolute atomic E-state index is 13.9. The Labute approximate surface area is 207 Å². The summed E-state index contributed by atoms with van der Waals surface area (Å²) < 4.78 is 3.99. The molecule has 0 saturated carbocycles. The zero-order valence-electron chi connectivity index (χ0n) is 19.4. The summed E-state index contributed by atoms with van der Waals surface area (Å²) in [5.41, 5.74) is 5.52. The number of hydrogen-bond acceptors (Lipinski definition) is 2. The van der Waals surface area contributed by atoms with Crippen molar-refractivity contribution in [3.63, 3.8) is 0 Å². The fourth-order valence-electron chi connectivity index (χ4n) is 5.13. The van der Waals surface area contributed by atoms with E-state index in [-0.39, 0.29) is 5.56 Å². The molecule has 0 radical (unpaired) electrons. The Hall–Kier alpha value is -4.96. The van der Waals surface area contributed by atoms with Crippen molar-refractivity contribution in [2.24, 2.45) is 0 Å². The smallest absolute Gasteiger partial charge is 0.266 e. The van der Waals surface area contributed by atoms with Crippen molar-refractivity contribution in [3.05, 3.63) is 138 Å². The first-order valence-corrected chi connectivity index (χ1v) is 12.0. The van der Waals surface area contributed by atoms with Crippen molar-refractivity contribution in [3.8, 4) is 22.8 Å². The van der Waals surface area contributed by atoms with Gasteiger partial charge in [0.15, 0.2) is 0 Å². The van der Waals surface area contributed by atoms with Crippen molar-refractivity contribution in [1.82, 2.24) is 14.1 Å². The molecule has 0 fully saturated rings. The summed E-state index contributed by atoms with van der Waals surface area (Å²) in [6.45, 7) is 0. The van der Waals surface area contributed by atoms with Gasteiger partial charge in [-0.2, -0.15) is 0 Å². The van der Waals surface area contributed by atoms with E-state index in [9.17, 15) is 4.79 Å². The summed E-state index contributed by atoms with van der Waals surface area (Å²) in [4.78, 5) is 18.8. The van der Waals surface area contributed by atoms with Gasteiger partial charge in [-0.1, -0.05) is 84.9 Å². The number of rotatable bonds is 3. The van der Waals surface area contributed by atoms with Gasteiger partial charge in [-0.25, -0.2) is 4.98 Å². The number of fused-ring (bicyclic) bond motifs is 4. The van der Waals surface area contributed by atoms with Crippen LogP contribution in [-0.4, -0.2) is 14.1 Å². The molecule has 2 heterocycles. The molecule has 4 nitrogen and oxygen atoms in total. The van der Waals surface area contributed by atoms with Crippen LogP contribution in [0.15, 0.2) is 132 Å². The number of hydrogen-bond donors (Lipinski definition) is 0. The van der Waals surface area contributed by atoms with E-state index in [1.165, 1.54) is 10.8 Å². The van der Waals surface area contributed by atoms with E-state index >= 15 is 0 Å². The van der Waals surface area contributed by atoms with Crippen LogP contribution in [0.3, 0.4) is 0 Å². The van der Waals surface area contributed by atoms with Crippen molar-refractivity contribution < 1.29 is 0 Å². The zero-order valence-corrected chi connectivity index (χ0v) is 19.4. The van der Waals surface area contributed by atoms with Crippen molar-refractivity contribution in [2.75, 3.05) is 0 Å². The molecule has 0 saturated heterocycles. The number of nitrogens with zero attached hydrogens (tertiary/aromatic N) is 3. The highest BCUT2D eigenvalue weighted by Crippen LogP contribution is 2.32. The maximum Gasteiger partial charge on any atom is 0.266 e. The summed E-state index contributed by atoms with van der Waals surface area (Å²) in [6, 6.07) is 42.4. The summed E-state index contributed by atoms with van der Waals surface area (Å²) in [5.74, 6) is 0.624. The van der Waals surface area contributed by atoms with Gasteiger partial charge in [-0.05, 0) is 42.5 Å². The first-order chi connectivity index (χ1) is 17.8. The monoisotopic (exact) mass is 463 g/mol. The van der Waals surface area contributed by atoms with E-state index < -0.39 is 0 Å². The summed E-state index contributed by atoms with van der Waals surface area (Å²) >= 11 is 0. The van der Waals surface area contributed by atoms with Crippen molar-refractivity contribution >= 4 is 32.7 Å². The molecule has 4 heteroatoms. The molecule has 0 aliphatic heterocycles. The third-order valence-corrected chi connectivity index (χ3v) is 6.73. The largest absolute Gasteiger partial charge is 0.309 e. The lowest BCUT2D eigenvalue weighted by Crippen LogP contribution is -2.22. The van der Waals surface area contributed by atoms with E-state index in [1.54, 1.807) is 4.57 Å². The molecule has 5 aromatic carbocycles. The van der Waals surface area contributed by atoms with Crippen LogP contribution >= 0.6 is 0 Å². The molecule has 0 aliphatic rings. The van der Waals surface area contributed by atoms with E-state index in [0.29, 0.717) is 16.7 Å². The van der Waals surface area contributed by atoms with Gasteiger partial charge in [0.05, 0.1) is 27.6 Å². The molecule has 0 bridgehead atoms. The minimum absolute atomic E-state index is 0.0844. The highest BCUT2D eigenvalue weighted by Gasteiger charge is 2.16. The fourth-order valence-corrected chi connectivity index (χ4v) is 5.13. The second kappa shape index (κ2) is 8.07.